The van der Waals surface area contributed by atoms with Gasteiger partial charge in [0.05, 0.1) is 10.6 Å². The SMILES string of the molecule is CC(C)C1CCCN1S(=O)(=O)c1ccc([N+](=O)[O-])cc1N. The molecule has 0 radical (unpaired) electrons. The third-order valence-electron chi connectivity index (χ3n) is 3.81. The van der Waals surface area contributed by atoms with E-state index in [1.54, 1.807) is 0 Å². The first-order chi connectivity index (χ1) is 9.75. The van der Waals surface area contributed by atoms with Crippen LogP contribution in [0.3, 0.4) is 0 Å². The summed E-state index contributed by atoms with van der Waals surface area (Å²) >= 11 is 0. The lowest BCUT2D eigenvalue weighted by Gasteiger charge is -2.27. The van der Waals surface area contributed by atoms with Crippen LogP contribution in [0.5, 0.6) is 0 Å². The molecular weight excluding hydrogens is 294 g/mol. The van der Waals surface area contributed by atoms with Gasteiger partial charge >= 0.3 is 0 Å². The van der Waals surface area contributed by atoms with E-state index < -0.39 is 14.9 Å². The van der Waals surface area contributed by atoms with Crippen molar-refractivity contribution in [2.24, 2.45) is 5.92 Å². The zero-order valence-electron chi connectivity index (χ0n) is 12.0. The highest BCUT2D eigenvalue weighted by Gasteiger charge is 2.37. The van der Waals surface area contributed by atoms with Crippen molar-refractivity contribution in [2.75, 3.05) is 12.3 Å². The van der Waals surface area contributed by atoms with Crippen LogP contribution in [-0.4, -0.2) is 30.2 Å². The maximum absolute atomic E-state index is 12.7. The molecule has 1 atom stereocenters. The summed E-state index contributed by atoms with van der Waals surface area (Å²) in [7, 11) is -3.72. The molecule has 0 bridgehead atoms. The van der Waals surface area contributed by atoms with E-state index in [0.717, 1.165) is 18.9 Å². The first kappa shape index (κ1) is 15.7. The van der Waals surface area contributed by atoms with Gasteiger partial charge in [-0.05, 0) is 24.8 Å². The zero-order chi connectivity index (χ0) is 15.8. The second-order valence-corrected chi connectivity index (χ2v) is 7.41. The number of anilines is 1. The van der Waals surface area contributed by atoms with Crippen LogP contribution in [0.4, 0.5) is 11.4 Å². The van der Waals surface area contributed by atoms with Crippen LogP contribution in [0.1, 0.15) is 26.7 Å². The molecule has 1 aliphatic rings. The van der Waals surface area contributed by atoms with Gasteiger partial charge < -0.3 is 5.73 Å². The first-order valence-electron chi connectivity index (χ1n) is 6.81. The minimum atomic E-state index is -3.72. The van der Waals surface area contributed by atoms with Gasteiger partial charge in [-0.25, -0.2) is 8.42 Å². The number of nitro benzene ring substituents is 1. The Balaban J connectivity index is 2.42. The lowest BCUT2D eigenvalue weighted by molar-refractivity contribution is -0.384. The van der Waals surface area contributed by atoms with Gasteiger partial charge in [0.25, 0.3) is 5.69 Å². The van der Waals surface area contributed by atoms with Crippen molar-refractivity contribution in [3.8, 4) is 0 Å². The molecule has 1 unspecified atom stereocenters. The predicted molar refractivity (Wildman–Crippen MR) is 79.3 cm³/mol. The minimum Gasteiger partial charge on any atom is -0.397 e. The van der Waals surface area contributed by atoms with Crippen molar-refractivity contribution in [1.82, 2.24) is 4.31 Å². The fourth-order valence-electron chi connectivity index (χ4n) is 2.74. The number of nitrogens with two attached hydrogens (primary N) is 1. The largest absolute Gasteiger partial charge is 0.397 e. The van der Waals surface area contributed by atoms with Gasteiger partial charge in [0, 0.05) is 24.7 Å². The van der Waals surface area contributed by atoms with Gasteiger partial charge in [0.2, 0.25) is 10.0 Å². The van der Waals surface area contributed by atoms with Crippen LogP contribution in [0.2, 0.25) is 0 Å². The van der Waals surface area contributed by atoms with Gasteiger partial charge in [0.1, 0.15) is 4.90 Å². The molecule has 0 aromatic heterocycles. The molecule has 1 fully saturated rings. The van der Waals surface area contributed by atoms with E-state index in [0.29, 0.717) is 6.54 Å². The summed E-state index contributed by atoms with van der Waals surface area (Å²) in [6.45, 7) is 4.43. The quantitative estimate of drug-likeness (QED) is 0.519. The molecule has 116 valence electrons. The predicted octanol–water partition coefficient (Wildman–Crippen LogP) is 1.99. The highest BCUT2D eigenvalue weighted by molar-refractivity contribution is 7.89. The fraction of sp³-hybridized carbons (Fsp3) is 0.538. The van der Waals surface area contributed by atoms with E-state index >= 15 is 0 Å². The summed E-state index contributed by atoms with van der Waals surface area (Å²) < 4.78 is 26.9. The monoisotopic (exact) mass is 313 g/mol. The van der Waals surface area contributed by atoms with Crippen molar-refractivity contribution in [3.05, 3.63) is 28.3 Å². The molecular formula is C13H19N3O4S. The molecule has 1 aliphatic heterocycles. The standard InChI is InChI=1S/C13H19N3O4S/c1-9(2)12-4-3-7-15(12)21(19,20)13-6-5-10(16(17)18)8-11(13)14/h5-6,8-9,12H,3-4,7,14H2,1-2H3. The molecule has 2 rings (SSSR count). The Hall–Kier alpha value is -1.67. The molecule has 1 saturated heterocycles. The van der Waals surface area contributed by atoms with E-state index in [9.17, 15) is 18.5 Å². The van der Waals surface area contributed by atoms with Gasteiger partial charge in [-0.1, -0.05) is 13.8 Å². The van der Waals surface area contributed by atoms with Gasteiger partial charge in [-0.2, -0.15) is 4.31 Å². The van der Waals surface area contributed by atoms with Crippen LogP contribution < -0.4 is 5.73 Å². The number of non-ortho nitro benzene ring substituents is 1. The Labute approximate surface area is 123 Å². The van der Waals surface area contributed by atoms with Crippen LogP contribution in [0.25, 0.3) is 0 Å². The van der Waals surface area contributed by atoms with E-state index in [4.69, 9.17) is 5.73 Å². The summed E-state index contributed by atoms with van der Waals surface area (Å²) in [5, 5.41) is 10.7. The van der Waals surface area contributed by atoms with Crippen LogP contribution >= 0.6 is 0 Å². The van der Waals surface area contributed by atoms with Crippen LogP contribution in [-0.2, 0) is 10.0 Å². The van der Waals surface area contributed by atoms with E-state index in [-0.39, 0.29) is 28.2 Å². The Kier molecular flexibility index (Phi) is 4.20. The third-order valence-corrected chi connectivity index (χ3v) is 5.81. The van der Waals surface area contributed by atoms with Crippen molar-refractivity contribution in [3.63, 3.8) is 0 Å². The van der Waals surface area contributed by atoms with Gasteiger partial charge in [0.15, 0.2) is 0 Å². The molecule has 0 aliphatic carbocycles. The molecule has 1 aromatic carbocycles. The van der Waals surface area contributed by atoms with Crippen LogP contribution in [0.15, 0.2) is 23.1 Å². The number of hydrogen-bond acceptors (Lipinski definition) is 5. The molecule has 0 spiro atoms. The van der Waals surface area contributed by atoms with Crippen molar-refractivity contribution in [1.29, 1.82) is 0 Å². The summed E-state index contributed by atoms with van der Waals surface area (Å²) in [6, 6.07) is 3.43. The summed E-state index contributed by atoms with van der Waals surface area (Å²) in [4.78, 5) is 10.0. The molecule has 7 nitrogen and oxygen atoms in total. The van der Waals surface area contributed by atoms with Crippen molar-refractivity contribution < 1.29 is 13.3 Å². The second kappa shape index (κ2) is 5.61. The van der Waals surface area contributed by atoms with E-state index in [1.807, 2.05) is 13.8 Å². The number of nitrogens with zero attached hydrogens (tertiary/aromatic N) is 2. The number of nitro groups is 1. The minimum absolute atomic E-state index is 0.0513. The lowest BCUT2D eigenvalue weighted by Crippen LogP contribution is -2.38. The molecule has 1 heterocycles. The number of benzene rings is 1. The molecule has 0 saturated carbocycles. The van der Waals surface area contributed by atoms with E-state index in [1.165, 1.54) is 16.4 Å². The Morgan fingerprint density at radius 3 is 2.62 bits per heavy atom. The highest BCUT2D eigenvalue weighted by atomic mass is 32.2. The lowest BCUT2D eigenvalue weighted by atomic mass is 10.0. The Bertz CT molecular complexity index is 657. The number of rotatable bonds is 4. The fourth-order valence-corrected chi connectivity index (χ4v) is 4.67. The summed E-state index contributed by atoms with van der Waals surface area (Å²) in [5.41, 5.74) is 5.42. The molecule has 8 heteroatoms. The van der Waals surface area contributed by atoms with Crippen molar-refractivity contribution >= 4 is 21.4 Å². The van der Waals surface area contributed by atoms with Crippen molar-refractivity contribution in [2.45, 2.75) is 37.6 Å². The normalized spacial score (nSPS) is 20.0. The topological polar surface area (TPSA) is 107 Å². The average molecular weight is 313 g/mol. The number of hydrogen-bond donors (Lipinski definition) is 1. The van der Waals surface area contributed by atoms with Gasteiger partial charge in [-0.3, -0.25) is 10.1 Å². The molecule has 0 amide bonds. The van der Waals surface area contributed by atoms with E-state index in [2.05, 4.69) is 0 Å². The second-order valence-electron chi connectivity index (χ2n) is 5.55. The van der Waals surface area contributed by atoms with Gasteiger partial charge in [-0.15, -0.1) is 0 Å². The number of nitrogen functional groups attached to an aromatic ring is 1. The van der Waals surface area contributed by atoms with Crippen LogP contribution in [0, 0.1) is 16.0 Å². The molecule has 2 N–H and O–H groups in total. The number of sulfonamides is 1. The first-order valence-corrected chi connectivity index (χ1v) is 8.25. The maximum atomic E-state index is 12.7. The Morgan fingerprint density at radius 2 is 2.10 bits per heavy atom. The Morgan fingerprint density at radius 1 is 1.43 bits per heavy atom. The summed E-state index contributed by atoms with van der Waals surface area (Å²) in [6.07, 6.45) is 1.64. The maximum Gasteiger partial charge on any atom is 0.271 e. The molecule has 21 heavy (non-hydrogen) atoms. The smallest absolute Gasteiger partial charge is 0.271 e. The highest BCUT2D eigenvalue weighted by Crippen LogP contribution is 2.33. The summed E-state index contributed by atoms with van der Waals surface area (Å²) in [5.74, 6) is 0.210. The third kappa shape index (κ3) is 2.86. The molecule has 1 aromatic rings. The zero-order valence-corrected chi connectivity index (χ0v) is 12.8. The average Bonchev–Trinajstić information content (AvgIpc) is 2.88.